The van der Waals surface area contributed by atoms with Crippen LogP contribution in [0.3, 0.4) is 0 Å². The molecule has 0 aliphatic carbocycles. The van der Waals surface area contributed by atoms with Crippen molar-refractivity contribution in [2.24, 2.45) is 0 Å². The third-order valence-electron chi connectivity index (χ3n) is 4.57. The van der Waals surface area contributed by atoms with E-state index in [2.05, 4.69) is 15.3 Å². The number of amides is 1. The first-order valence-electron chi connectivity index (χ1n) is 9.46. The molecule has 1 amide bonds. The van der Waals surface area contributed by atoms with Gasteiger partial charge in [-0.2, -0.15) is 0 Å². The summed E-state index contributed by atoms with van der Waals surface area (Å²) in [5.41, 5.74) is 1.35. The molecule has 0 bridgehead atoms. The van der Waals surface area contributed by atoms with Gasteiger partial charge in [0.05, 0.1) is 35.5 Å². The summed E-state index contributed by atoms with van der Waals surface area (Å²) in [7, 11) is 0. The van der Waals surface area contributed by atoms with Gasteiger partial charge in [-0.05, 0) is 42.8 Å². The van der Waals surface area contributed by atoms with Crippen LogP contribution in [-0.2, 0) is 11.3 Å². The lowest BCUT2D eigenvalue weighted by atomic mass is 10.2. The molecule has 152 valence electrons. The number of hydrogen-bond donors (Lipinski definition) is 1. The van der Waals surface area contributed by atoms with Gasteiger partial charge in [0.1, 0.15) is 5.76 Å². The molecule has 1 atom stereocenters. The highest BCUT2D eigenvalue weighted by molar-refractivity contribution is 7.99. The molecule has 0 saturated carbocycles. The summed E-state index contributed by atoms with van der Waals surface area (Å²) in [6.45, 7) is 2.19. The van der Waals surface area contributed by atoms with E-state index < -0.39 is 0 Å². The number of furan rings is 1. The van der Waals surface area contributed by atoms with Crippen LogP contribution in [-0.4, -0.2) is 26.2 Å². The number of carbonyl (C=O) groups excluding carboxylic acids is 1. The van der Waals surface area contributed by atoms with Crippen LogP contribution in [0, 0.1) is 0 Å². The zero-order valence-electron chi connectivity index (χ0n) is 16.3. The van der Waals surface area contributed by atoms with Crippen molar-refractivity contribution >= 4 is 28.6 Å². The predicted molar refractivity (Wildman–Crippen MR) is 115 cm³/mol. The van der Waals surface area contributed by atoms with E-state index in [0.717, 1.165) is 5.56 Å². The second kappa shape index (κ2) is 8.96. The Morgan fingerprint density at radius 1 is 1.20 bits per heavy atom. The van der Waals surface area contributed by atoms with E-state index in [4.69, 9.17) is 4.42 Å². The van der Waals surface area contributed by atoms with E-state index in [1.807, 2.05) is 37.3 Å². The van der Waals surface area contributed by atoms with Crippen LogP contribution < -0.4 is 10.9 Å². The Balaban J connectivity index is 1.58. The third kappa shape index (κ3) is 4.44. The Kier molecular flexibility index (Phi) is 5.94. The van der Waals surface area contributed by atoms with Crippen LogP contribution in [0.15, 0.2) is 81.6 Å². The zero-order chi connectivity index (χ0) is 20.9. The fourth-order valence-corrected chi connectivity index (χ4v) is 3.90. The minimum absolute atomic E-state index is 0.128. The van der Waals surface area contributed by atoms with Crippen LogP contribution in [0.1, 0.15) is 24.3 Å². The van der Waals surface area contributed by atoms with Gasteiger partial charge in [0.2, 0.25) is 5.91 Å². The van der Waals surface area contributed by atoms with E-state index >= 15 is 0 Å². The highest BCUT2D eigenvalue weighted by Crippen LogP contribution is 2.19. The van der Waals surface area contributed by atoms with Crippen molar-refractivity contribution < 1.29 is 9.21 Å². The SMILES string of the molecule is C[C@@H](NC(=O)CSc1nc2ccccc2c(=O)n1Cc1cccnc1)c1ccco1. The zero-order valence-corrected chi connectivity index (χ0v) is 17.1. The number of fused-ring (bicyclic) bond motifs is 1. The van der Waals surface area contributed by atoms with Crippen molar-refractivity contribution in [3.8, 4) is 0 Å². The largest absolute Gasteiger partial charge is 0.467 e. The van der Waals surface area contributed by atoms with Gasteiger partial charge in [0.25, 0.3) is 5.56 Å². The van der Waals surface area contributed by atoms with Crippen molar-refractivity contribution in [1.29, 1.82) is 0 Å². The van der Waals surface area contributed by atoms with Gasteiger partial charge < -0.3 is 9.73 Å². The summed E-state index contributed by atoms with van der Waals surface area (Å²) >= 11 is 1.23. The second-order valence-electron chi connectivity index (χ2n) is 6.76. The second-order valence-corrected chi connectivity index (χ2v) is 7.70. The average Bonchev–Trinajstić information content (AvgIpc) is 3.30. The predicted octanol–water partition coefficient (Wildman–Crippen LogP) is 3.40. The number of nitrogens with one attached hydrogen (secondary N) is 1. The molecule has 0 saturated heterocycles. The van der Waals surface area contributed by atoms with Crippen molar-refractivity contribution in [2.75, 3.05) is 5.75 Å². The van der Waals surface area contributed by atoms with Crippen LogP contribution in [0.2, 0.25) is 0 Å². The molecule has 4 rings (SSSR count). The Bertz CT molecular complexity index is 1210. The molecule has 0 aliphatic heterocycles. The van der Waals surface area contributed by atoms with E-state index in [0.29, 0.717) is 28.4 Å². The smallest absolute Gasteiger partial charge is 0.262 e. The van der Waals surface area contributed by atoms with Crippen molar-refractivity contribution in [1.82, 2.24) is 19.9 Å². The molecule has 0 spiro atoms. The summed E-state index contributed by atoms with van der Waals surface area (Å²) in [6.07, 6.45) is 4.97. The number of benzene rings is 1. The molecule has 3 aromatic heterocycles. The maximum Gasteiger partial charge on any atom is 0.262 e. The van der Waals surface area contributed by atoms with E-state index in [1.165, 1.54) is 11.8 Å². The van der Waals surface area contributed by atoms with Gasteiger partial charge in [0, 0.05) is 12.4 Å². The van der Waals surface area contributed by atoms with E-state index in [-0.39, 0.29) is 23.3 Å². The lowest BCUT2D eigenvalue weighted by Gasteiger charge is -2.14. The molecule has 0 radical (unpaired) electrons. The first-order chi connectivity index (χ1) is 14.6. The number of hydrogen-bond acceptors (Lipinski definition) is 6. The van der Waals surface area contributed by atoms with Gasteiger partial charge in [-0.1, -0.05) is 30.0 Å². The Hall–Kier alpha value is -3.39. The standard InChI is InChI=1S/C22H20N4O3S/c1-15(19-9-5-11-29-19)24-20(27)14-30-22-25-18-8-3-2-7-17(18)21(28)26(22)13-16-6-4-10-23-12-16/h2-12,15H,13-14H2,1H3,(H,24,27)/t15-/m1/s1. The molecule has 0 unspecified atom stereocenters. The van der Waals surface area contributed by atoms with Crippen molar-refractivity contribution in [3.05, 3.63) is 88.9 Å². The third-order valence-corrected chi connectivity index (χ3v) is 5.55. The lowest BCUT2D eigenvalue weighted by Crippen LogP contribution is -2.29. The maximum atomic E-state index is 13.1. The highest BCUT2D eigenvalue weighted by atomic mass is 32.2. The molecule has 0 aliphatic rings. The summed E-state index contributed by atoms with van der Waals surface area (Å²) in [6, 6.07) is 14.3. The number of thioether (sulfide) groups is 1. The summed E-state index contributed by atoms with van der Waals surface area (Å²) in [5.74, 6) is 0.646. The molecule has 4 aromatic rings. The first kappa shape index (κ1) is 19.9. The van der Waals surface area contributed by atoms with E-state index in [9.17, 15) is 9.59 Å². The number of pyridine rings is 1. The number of para-hydroxylation sites is 1. The maximum absolute atomic E-state index is 13.1. The number of aromatic nitrogens is 3. The van der Waals surface area contributed by atoms with Crippen LogP contribution in [0.5, 0.6) is 0 Å². The molecule has 3 heterocycles. The molecule has 30 heavy (non-hydrogen) atoms. The molecular formula is C22H20N4O3S. The van der Waals surface area contributed by atoms with Gasteiger partial charge >= 0.3 is 0 Å². The van der Waals surface area contributed by atoms with Crippen molar-refractivity contribution in [3.63, 3.8) is 0 Å². The van der Waals surface area contributed by atoms with Crippen molar-refractivity contribution in [2.45, 2.75) is 24.7 Å². The monoisotopic (exact) mass is 420 g/mol. The number of carbonyl (C=O) groups is 1. The molecule has 7 nitrogen and oxygen atoms in total. The van der Waals surface area contributed by atoms with Crippen LogP contribution in [0.4, 0.5) is 0 Å². The summed E-state index contributed by atoms with van der Waals surface area (Å²) in [4.78, 5) is 34.3. The Morgan fingerprint density at radius 2 is 2.07 bits per heavy atom. The summed E-state index contributed by atoms with van der Waals surface area (Å²) < 4.78 is 6.91. The fourth-order valence-electron chi connectivity index (χ4n) is 3.09. The minimum Gasteiger partial charge on any atom is -0.467 e. The number of rotatable bonds is 7. The van der Waals surface area contributed by atoms with Gasteiger partial charge in [-0.15, -0.1) is 0 Å². The molecular weight excluding hydrogens is 400 g/mol. The highest BCUT2D eigenvalue weighted by Gasteiger charge is 2.16. The average molecular weight is 420 g/mol. The molecule has 1 aromatic carbocycles. The quantitative estimate of drug-likeness (QED) is 0.364. The van der Waals surface area contributed by atoms with Crippen LogP contribution >= 0.6 is 11.8 Å². The minimum atomic E-state index is -0.241. The fraction of sp³-hybridized carbons (Fsp3) is 0.182. The van der Waals surface area contributed by atoms with Crippen LogP contribution in [0.25, 0.3) is 10.9 Å². The van der Waals surface area contributed by atoms with Gasteiger partial charge in [-0.25, -0.2) is 4.98 Å². The Morgan fingerprint density at radius 3 is 2.83 bits per heavy atom. The molecule has 0 fully saturated rings. The lowest BCUT2D eigenvalue weighted by molar-refractivity contribution is -0.119. The normalized spacial score (nSPS) is 12.0. The topological polar surface area (TPSA) is 90.0 Å². The number of nitrogens with zero attached hydrogens (tertiary/aromatic N) is 3. The first-order valence-corrected chi connectivity index (χ1v) is 10.4. The summed E-state index contributed by atoms with van der Waals surface area (Å²) in [5, 5.41) is 3.93. The molecule has 1 N–H and O–H groups in total. The van der Waals surface area contributed by atoms with Gasteiger partial charge in [-0.3, -0.25) is 19.1 Å². The Labute approximate surface area is 177 Å². The van der Waals surface area contributed by atoms with E-state index in [1.54, 1.807) is 41.4 Å². The molecule has 8 heteroatoms. The van der Waals surface area contributed by atoms with Gasteiger partial charge in [0.15, 0.2) is 5.16 Å².